The van der Waals surface area contributed by atoms with Gasteiger partial charge < -0.3 is 15.0 Å². The van der Waals surface area contributed by atoms with Gasteiger partial charge in [-0.1, -0.05) is 30.3 Å². The summed E-state index contributed by atoms with van der Waals surface area (Å²) < 4.78 is 5.10. The monoisotopic (exact) mass is 394 g/mol. The van der Waals surface area contributed by atoms with Crippen molar-refractivity contribution in [3.63, 3.8) is 0 Å². The van der Waals surface area contributed by atoms with Crippen LogP contribution in [0.5, 0.6) is 0 Å². The summed E-state index contributed by atoms with van der Waals surface area (Å²) in [5.41, 5.74) is 2.64. The number of carbonyl (C=O) groups is 4. The minimum absolute atomic E-state index is 0.0510. The number of rotatable bonds is 6. The molecular weight excluding hydrogens is 372 g/mol. The molecule has 2 amide bonds. The molecule has 1 fully saturated rings. The summed E-state index contributed by atoms with van der Waals surface area (Å²) in [7, 11) is 0. The fraction of sp³-hybridized carbons (Fsp3) is 0.273. The van der Waals surface area contributed by atoms with E-state index in [0.717, 1.165) is 11.3 Å². The minimum Gasteiger partial charge on any atom is -0.455 e. The lowest BCUT2D eigenvalue weighted by Crippen LogP contribution is -2.28. The van der Waals surface area contributed by atoms with Crippen molar-refractivity contribution < 1.29 is 23.9 Å². The smallest absolute Gasteiger partial charge is 0.311 e. The summed E-state index contributed by atoms with van der Waals surface area (Å²) in [5, 5.41) is 2.59. The molecule has 0 saturated carbocycles. The van der Waals surface area contributed by atoms with E-state index < -0.39 is 24.4 Å². The molecular formula is C22H22N2O5. The maximum atomic E-state index is 12.3. The Labute approximate surface area is 168 Å². The number of para-hydroxylation sites is 1. The zero-order valence-corrected chi connectivity index (χ0v) is 16.3. The number of hydrogen-bond donors (Lipinski definition) is 1. The van der Waals surface area contributed by atoms with E-state index in [1.807, 2.05) is 31.2 Å². The molecule has 1 saturated heterocycles. The Bertz CT molecular complexity index is 969. The number of ether oxygens (including phenoxy) is 1. The highest BCUT2D eigenvalue weighted by Gasteiger charge is 2.36. The van der Waals surface area contributed by atoms with Gasteiger partial charge in [0.1, 0.15) is 0 Å². The summed E-state index contributed by atoms with van der Waals surface area (Å²) in [6, 6.07) is 14.0. The second-order valence-electron chi connectivity index (χ2n) is 6.98. The van der Waals surface area contributed by atoms with Crippen LogP contribution in [0.3, 0.4) is 0 Å². The van der Waals surface area contributed by atoms with Crippen LogP contribution in [-0.4, -0.2) is 36.7 Å². The lowest BCUT2D eigenvalue weighted by molar-refractivity contribution is -0.151. The average Bonchev–Trinajstić information content (AvgIpc) is 3.08. The van der Waals surface area contributed by atoms with Crippen molar-refractivity contribution in [3.8, 4) is 0 Å². The first-order valence-electron chi connectivity index (χ1n) is 9.28. The molecule has 2 aromatic carbocycles. The molecule has 1 heterocycles. The molecule has 29 heavy (non-hydrogen) atoms. The summed E-state index contributed by atoms with van der Waals surface area (Å²) in [6.45, 7) is 3.11. The van der Waals surface area contributed by atoms with Gasteiger partial charge in [-0.15, -0.1) is 0 Å². The van der Waals surface area contributed by atoms with E-state index in [1.165, 1.54) is 6.92 Å². The first kappa shape index (κ1) is 20.3. The fourth-order valence-corrected chi connectivity index (χ4v) is 3.23. The lowest BCUT2D eigenvalue weighted by Gasteiger charge is -2.18. The van der Waals surface area contributed by atoms with Crippen molar-refractivity contribution in [1.82, 2.24) is 0 Å². The van der Waals surface area contributed by atoms with Gasteiger partial charge >= 0.3 is 5.97 Å². The Kier molecular flexibility index (Phi) is 6.07. The molecule has 0 bridgehead atoms. The summed E-state index contributed by atoms with van der Waals surface area (Å²) >= 11 is 0. The Hall–Kier alpha value is -3.48. The largest absolute Gasteiger partial charge is 0.455 e. The molecule has 7 nitrogen and oxygen atoms in total. The van der Waals surface area contributed by atoms with Gasteiger partial charge in [0, 0.05) is 29.9 Å². The normalized spacial score (nSPS) is 15.9. The third kappa shape index (κ3) is 4.87. The predicted molar refractivity (Wildman–Crippen MR) is 108 cm³/mol. The number of nitrogens with one attached hydrogen (secondary N) is 1. The third-order valence-corrected chi connectivity index (χ3v) is 4.76. The van der Waals surface area contributed by atoms with Crippen LogP contribution in [-0.2, 0) is 19.1 Å². The molecule has 1 aliphatic rings. The van der Waals surface area contributed by atoms with E-state index in [2.05, 4.69) is 5.32 Å². The van der Waals surface area contributed by atoms with Gasteiger partial charge in [0.05, 0.1) is 5.92 Å². The van der Waals surface area contributed by atoms with Crippen molar-refractivity contribution in [2.24, 2.45) is 5.92 Å². The van der Waals surface area contributed by atoms with Crippen LogP contribution >= 0.6 is 0 Å². The van der Waals surface area contributed by atoms with E-state index in [-0.39, 0.29) is 24.7 Å². The van der Waals surface area contributed by atoms with Crippen LogP contribution in [0, 0.1) is 12.8 Å². The number of amides is 2. The maximum Gasteiger partial charge on any atom is 0.311 e. The Morgan fingerprint density at radius 3 is 2.62 bits per heavy atom. The molecule has 0 spiro atoms. The van der Waals surface area contributed by atoms with Gasteiger partial charge in [-0.2, -0.15) is 0 Å². The summed E-state index contributed by atoms with van der Waals surface area (Å²) in [5.74, 6) is -1.97. The molecule has 0 aromatic heterocycles. The van der Waals surface area contributed by atoms with Crippen molar-refractivity contribution >= 4 is 34.9 Å². The predicted octanol–water partition coefficient (Wildman–Crippen LogP) is 2.73. The highest BCUT2D eigenvalue weighted by atomic mass is 16.5. The highest BCUT2D eigenvalue weighted by Crippen LogP contribution is 2.28. The van der Waals surface area contributed by atoms with E-state index in [0.29, 0.717) is 11.3 Å². The molecule has 7 heteroatoms. The number of nitrogens with zero attached hydrogens (tertiary/aromatic N) is 1. The van der Waals surface area contributed by atoms with Gasteiger partial charge in [-0.25, -0.2) is 0 Å². The Balaban J connectivity index is 1.54. The van der Waals surface area contributed by atoms with Gasteiger partial charge in [-0.3, -0.25) is 19.2 Å². The molecule has 1 N–H and O–H groups in total. The molecule has 3 rings (SSSR count). The number of Topliss-reactive ketones (excluding diaryl/α,β-unsaturated/α-hetero) is 1. The number of benzene rings is 2. The van der Waals surface area contributed by atoms with E-state index in [9.17, 15) is 19.2 Å². The molecule has 0 unspecified atom stereocenters. The average molecular weight is 394 g/mol. The number of aryl methyl sites for hydroxylation is 1. The molecule has 0 aliphatic carbocycles. The van der Waals surface area contributed by atoms with Crippen LogP contribution in [0.4, 0.5) is 11.4 Å². The molecule has 2 aromatic rings. The van der Waals surface area contributed by atoms with Crippen molar-refractivity contribution in [3.05, 3.63) is 59.7 Å². The van der Waals surface area contributed by atoms with E-state index >= 15 is 0 Å². The van der Waals surface area contributed by atoms with Crippen molar-refractivity contribution in [2.75, 3.05) is 23.4 Å². The third-order valence-electron chi connectivity index (χ3n) is 4.76. The second-order valence-corrected chi connectivity index (χ2v) is 6.98. The number of hydrogen-bond acceptors (Lipinski definition) is 5. The van der Waals surface area contributed by atoms with E-state index in [4.69, 9.17) is 4.74 Å². The standard InChI is InChI=1S/C22H22N2O5/c1-14-6-3-4-9-19(14)24-12-17(11-21(24)27)22(28)29-13-20(26)23-18-8-5-7-16(10-18)15(2)25/h3-10,17H,11-13H2,1-2H3,(H,23,26)/t17-/m0/s1. The zero-order valence-electron chi connectivity index (χ0n) is 16.3. The van der Waals surface area contributed by atoms with Crippen LogP contribution in [0.25, 0.3) is 0 Å². The lowest BCUT2D eigenvalue weighted by atomic mass is 10.1. The van der Waals surface area contributed by atoms with Gasteiger partial charge in [0.2, 0.25) is 5.91 Å². The van der Waals surface area contributed by atoms with Crippen molar-refractivity contribution in [2.45, 2.75) is 20.3 Å². The second kappa shape index (κ2) is 8.68. The number of ketones is 1. The van der Waals surface area contributed by atoms with Gasteiger partial charge in [-0.05, 0) is 37.6 Å². The fourth-order valence-electron chi connectivity index (χ4n) is 3.23. The molecule has 1 atom stereocenters. The molecule has 150 valence electrons. The molecule has 0 radical (unpaired) electrons. The first-order valence-corrected chi connectivity index (χ1v) is 9.28. The summed E-state index contributed by atoms with van der Waals surface area (Å²) in [6.07, 6.45) is 0.0510. The highest BCUT2D eigenvalue weighted by molar-refractivity contribution is 6.01. The minimum atomic E-state index is -0.615. The maximum absolute atomic E-state index is 12.3. The van der Waals surface area contributed by atoms with Gasteiger partial charge in [0.25, 0.3) is 5.91 Å². The van der Waals surface area contributed by atoms with Crippen LogP contribution in [0.2, 0.25) is 0 Å². The van der Waals surface area contributed by atoms with E-state index in [1.54, 1.807) is 29.2 Å². The summed E-state index contributed by atoms with van der Waals surface area (Å²) in [4.78, 5) is 49.7. The van der Waals surface area contributed by atoms with Crippen LogP contribution in [0.15, 0.2) is 48.5 Å². The van der Waals surface area contributed by atoms with Crippen LogP contribution < -0.4 is 10.2 Å². The number of carbonyl (C=O) groups excluding carboxylic acids is 4. The number of anilines is 2. The van der Waals surface area contributed by atoms with Gasteiger partial charge in [0.15, 0.2) is 12.4 Å². The van der Waals surface area contributed by atoms with Crippen LogP contribution in [0.1, 0.15) is 29.3 Å². The zero-order chi connectivity index (χ0) is 21.0. The molecule has 1 aliphatic heterocycles. The Morgan fingerprint density at radius 1 is 1.14 bits per heavy atom. The Morgan fingerprint density at radius 2 is 1.90 bits per heavy atom. The van der Waals surface area contributed by atoms with Crippen molar-refractivity contribution in [1.29, 1.82) is 0 Å². The topological polar surface area (TPSA) is 92.8 Å². The quantitative estimate of drug-likeness (QED) is 0.601. The number of esters is 1. The SMILES string of the molecule is CC(=O)c1cccc(NC(=O)COC(=O)[C@H]2CC(=O)N(c3ccccc3C)C2)c1. The first-order chi connectivity index (χ1) is 13.8.